The number of nitrogens with zero attached hydrogens (tertiary/aromatic N) is 1. The molecule has 13 nitrogen and oxygen atoms in total. The summed E-state index contributed by atoms with van der Waals surface area (Å²) in [6.45, 7) is 13.6. The Balaban J connectivity index is 1.50. The first-order chi connectivity index (χ1) is 27.0. The molecule has 5 aliphatic rings. The molecule has 4 heterocycles. The number of aliphatic hydroxyl groups is 4. The number of allylic oxidation sites excluding steroid dienone is 4. The third-order valence-electron chi connectivity index (χ3n) is 13.3. The number of hydrogen-bond acceptors (Lipinski definition) is 12. The summed E-state index contributed by atoms with van der Waals surface area (Å²) in [6, 6.07) is -0.507. The molecule has 0 radical (unpaired) electrons. The summed E-state index contributed by atoms with van der Waals surface area (Å²) >= 11 is 0. The molecule has 0 aromatic carbocycles. The van der Waals surface area contributed by atoms with Crippen molar-refractivity contribution < 1.29 is 58.5 Å². The second-order valence-electron chi connectivity index (χ2n) is 17.8. The first-order valence-corrected chi connectivity index (χ1v) is 21.2. The Labute approximate surface area is 338 Å². The molecule has 1 amide bonds. The van der Waals surface area contributed by atoms with Crippen LogP contribution >= 0.6 is 0 Å². The number of hydrogen-bond donors (Lipinski definition) is 4. The van der Waals surface area contributed by atoms with Gasteiger partial charge in [-0.3, -0.25) is 14.4 Å². The van der Waals surface area contributed by atoms with Crippen LogP contribution < -0.4 is 0 Å². The lowest BCUT2D eigenvalue weighted by Gasteiger charge is -2.47. The van der Waals surface area contributed by atoms with Gasteiger partial charge in [-0.15, -0.1) is 6.58 Å². The predicted molar refractivity (Wildman–Crippen MR) is 211 cm³/mol. The Bertz CT molecular complexity index is 1480. The fraction of sp³-hybridized carbons (Fsp3) is 0.795. The molecule has 4 N–H and O–H groups in total. The van der Waals surface area contributed by atoms with E-state index in [0.717, 1.165) is 17.6 Å². The highest BCUT2D eigenvalue weighted by Crippen LogP contribution is 2.41. The van der Waals surface area contributed by atoms with Crippen LogP contribution in [0, 0.1) is 29.6 Å². The van der Waals surface area contributed by atoms with E-state index in [9.17, 15) is 34.8 Å². The Morgan fingerprint density at radius 3 is 2.30 bits per heavy atom. The van der Waals surface area contributed by atoms with Gasteiger partial charge >= 0.3 is 0 Å². The molecule has 0 aromatic heterocycles. The van der Waals surface area contributed by atoms with Gasteiger partial charge in [0.05, 0.1) is 42.7 Å². The van der Waals surface area contributed by atoms with Gasteiger partial charge in [-0.05, 0) is 95.5 Å². The van der Waals surface area contributed by atoms with E-state index in [0.29, 0.717) is 57.9 Å². The lowest BCUT2D eigenvalue weighted by atomic mass is 9.81. The smallest absolute Gasteiger partial charge is 0.296 e. The molecule has 4 aliphatic heterocycles. The van der Waals surface area contributed by atoms with Crippen molar-refractivity contribution >= 4 is 17.5 Å². The number of aliphatic hydroxyl groups excluding tert-OH is 3. The summed E-state index contributed by atoms with van der Waals surface area (Å²) < 4.78 is 30.8. The molecule has 4 fully saturated rings. The third kappa shape index (κ3) is 10.7. The van der Waals surface area contributed by atoms with Crippen molar-refractivity contribution in [3.05, 3.63) is 36.0 Å². The van der Waals surface area contributed by atoms with Crippen molar-refractivity contribution in [2.45, 2.75) is 172 Å². The zero-order chi connectivity index (χ0) is 41.8. The topological polar surface area (TPSA) is 185 Å². The second kappa shape index (κ2) is 19.8. The van der Waals surface area contributed by atoms with Crippen LogP contribution in [0.4, 0.5) is 0 Å². The molecule has 1 saturated carbocycles. The van der Waals surface area contributed by atoms with Crippen LogP contribution in [0.15, 0.2) is 36.0 Å². The second-order valence-corrected chi connectivity index (χ2v) is 17.8. The van der Waals surface area contributed by atoms with Crippen LogP contribution in [-0.2, 0) is 38.1 Å². The van der Waals surface area contributed by atoms with Gasteiger partial charge in [0.25, 0.3) is 11.7 Å². The molecule has 57 heavy (non-hydrogen) atoms. The summed E-state index contributed by atoms with van der Waals surface area (Å²) in [6.07, 6.45) is 4.27. The molecule has 3 saturated heterocycles. The van der Waals surface area contributed by atoms with E-state index in [2.05, 4.69) is 13.5 Å². The standard InChI is InChI=1S/C44H69NO12/c1-9-12-30-18-24(2)17-25(3)19-36(53-7)40-37(54-8)21-27(5)44(52,57-40)41(50)42(51)45-16-11-10-13-31(45)39-43(56-39)55-38(28(6)33(47)23-34(30)48)26(4)20-29-14-15-32(46)35(49)22-29/h9,18,20,25,27-33,35-40,43,46-47,49,52H,1,10-17,19,21-23H2,2-8H3/b24-18+,26-20+/t25-,27+,28+,29-,30+,31-,32+,33-,35+,36-,37-,38+,39?,40+,43-,44+/m0/s1. The SMILES string of the molecule is C=CC[C@@H]1/C=C(\C)C[C@H](C)C[C@H](OC)[C@H]2O[C@@](O)(C(=O)C(=O)N3CCCC[C@H]3C3O[C@@H]3O[C@H](/C(C)=C/[C@@H]3CC[C@@H](O)[C@H](O)C3)[C@H](C)[C@@H](O)CC1=O)[C@H](C)C[C@@H]2OC. The molecular formula is C44H69NO12. The number of fused-ring (bicyclic) bond motifs is 5. The number of methoxy groups -OCH3 is 2. The fourth-order valence-corrected chi connectivity index (χ4v) is 9.78. The van der Waals surface area contributed by atoms with Gasteiger partial charge < -0.3 is 49.0 Å². The predicted octanol–water partition coefficient (Wildman–Crippen LogP) is 4.18. The van der Waals surface area contributed by atoms with Gasteiger partial charge in [0, 0.05) is 44.9 Å². The normalized spacial score (nSPS) is 44.4. The molecule has 322 valence electrons. The highest BCUT2D eigenvalue weighted by molar-refractivity contribution is 6.38. The summed E-state index contributed by atoms with van der Waals surface area (Å²) in [5, 5.41) is 44.3. The van der Waals surface area contributed by atoms with E-state index in [1.165, 1.54) is 4.90 Å². The van der Waals surface area contributed by atoms with Gasteiger partial charge in [-0.1, -0.05) is 44.6 Å². The Morgan fingerprint density at radius 1 is 0.930 bits per heavy atom. The third-order valence-corrected chi connectivity index (χ3v) is 13.3. The van der Waals surface area contributed by atoms with Crippen molar-refractivity contribution in [3.8, 4) is 0 Å². The van der Waals surface area contributed by atoms with Crippen molar-refractivity contribution in [2.75, 3.05) is 20.8 Å². The number of Topliss-reactive ketones (excluding diaryl/α,β-unsaturated/α-hetero) is 2. The van der Waals surface area contributed by atoms with Crippen LogP contribution in [0.3, 0.4) is 0 Å². The quantitative estimate of drug-likeness (QED) is 0.171. The van der Waals surface area contributed by atoms with Crippen LogP contribution in [-0.4, -0.2) is 131 Å². The van der Waals surface area contributed by atoms with E-state index < -0.39 is 96.4 Å². The molecule has 1 aliphatic carbocycles. The highest BCUT2D eigenvalue weighted by atomic mass is 16.8. The lowest BCUT2D eigenvalue weighted by molar-refractivity contribution is -0.302. The number of carbonyl (C=O) groups excluding carboxylic acids is 3. The lowest BCUT2D eigenvalue weighted by Crippen LogP contribution is -2.64. The van der Waals surface area contributed by atoms with Crippen LogP contribution in [0.2, 0.25) is 0 Å². The fourth-order valence-electron chi connectivity index (χ4n) is 9.78. The van der Waals surface area contributed by atoms with Gasteiger partial charge in [-0.2, -0.15) is 0 Å². The molecule has 5 rings (SSSR count). The maximum atomic E-state index is 14.2. The molecular weight excluding hydrogens is 734 g/mol. The first-order valence-electron chi connectivity index (χ1n) is 21.2. The molecule has 0 spiro atoms. The largest absolute Gasteiger partial charge is 0.392 e. The van der Waals surface area contributed by atoms with E-state index in [1.54, 1.807) is 27.2 Å². The minimum absolute atomic E-state index is 0.0266. The molecule has 16 atom stereocenters. The average molecular weight is 804 g/mol. The van der Waals surface area contributed by atoms with Gasteiger partial charge in [0.2, 0.25) is 5.79 Å². The van der Waals surface area contributed by atoms with Crippen LogP contribution in [0.25, 0.3) is 0 Å². The van der Waals surface area contributed by atoms with Gasteiger partial charge in [-0.25, -0.2) is 0 Å². The summed E-state index contributed by atoms with van der Waals surface area (Å²) in [5.41, 5.74) is 1.78. The van der Waals surface area contributed by atoms with Gasteiger partial charge in [0.15, 0.2) is 6.29 Å². The van der Waals surface area contributed by atoms with Crippen molar-refractivity contribution in [1.82, 2.24) is 4.90 Å². The average Bonchev–Trinajstić information content (AvgIpc) is 3.95. The Morgan fingerprint density at radius 2 is 1.63 bits per heavy atom. The number of piperidine rings is 1. The number of carbonyl (C=O) groups is 3. The molecule has 2 bridgehead atoms. The first kappa shape index (κ1) is 45.7. The number of rotatable bonds is 6. The van der Waals surface area contributed by atoms with E-state index in [4.69, 9.17) is 23.7 Å². The molecule has 1 unspecified atom stereocenters. The van der Waals surface area contributed by atoms with Crippen molar-refractivity contribution in [2.24, 2.45) is 29.6 Å². The summed E-state index contributed by atoms with van der Waals surface area (Å²) in [4.78, 5) is 43.9. The highest BCUT2D eigenvalue weighted by Gasteiger charge is 2.58. The maximum Gasteiger partial charge on any atom is 0.296 e. The van der Waals surface area contributed by atoms with Gasteiger partial charge in [0.1, 0.15) is 18.0 Å². The number of ketones is 2. The number of amides is 1. The minimum Gasteiger partial charge on any atom is -0.392 e. The summed E-state index contributed by atoms with van der Waals surface area (Å²) in [7, 11) is 3.10. The van der Waals surface area contributed by atoms with Crippen molar-refractivity contribution in [3.63, 3.8) is 0 Å². The zero-order valence-electron chi connectivity index (χ0n) is 35.1. The molecule has 0 aromatic rings. The van der Waals surface area contributed by atoms with Crippen molar-refractivity contribution in [1.29, 1.82) is 0 Å². The van der Waals surface area contributed by atoms with Crippen LogP contribution in [0.1, 0.15) is 105 Å². The number of epoxide rings is 1. The zero-order valence-corrected chi connectivity index (χ0v) is 35.1. The van der Waals surface area contributed by atoms with E-state index in [1.807, 2.05) is 32.9 Å². The van der Waals surface area contributed by atoms with Crippen LogP contribution in [0.5, 0.6) is 0 Å². The minimum atomic E-state index is -2.41. The van der Waals surface area contributed by atoms with E-state index >= 15 is 0 Å². The Hall–Kier alpha value is -2.33. The monoisotopic (exact) mass is 803 g/mol. The Kier molecular flexibility index (Phi) is 15.9. The maximum absolute atomic E-state index is 14.2. The molecule has 13 heteroatoms. The summed E-state index contributed by atoms with van der Waals surface area (Å²) in [5.74, 6) is -6.20. The van der Waals surface area contributed by atoms with E-state index in [-0.39, 0.29) is 30.5 Å². The number of ether oxygens (including phenoxy) is 5.